The van der Waals surface area contributed by atoms with Crippen LogP contribution in [0.3, 0.4) is 0 Å². The molecule has 0 saturated heterocycles. The highest BCUT2D eigenvalue weighted by atomic mass is 16.1. The fraction of sp³-hybridized carbons (Fsp3) is 0.276. The van der Waals surface area contributed by atoms with Crippen LogP contribution in [0.1, 0.15) is 47.8 Å². The summed E-state index contributed by atoms with van der Waals surface area (Å²) in [4.78, 5) is 11.9. The second kappa shape index (κ2) is 6.20. The van der Waals surface area contributed by atoms with Gasteiger partial charge in [0.1, 0.15) is 0 Å². The minimum absolute atomic E-state index is 0.233. The van der Waals surface area contributed by atoms with Crippen LogP contribution in [-0.4, -0.2) is 5.91 Å². The van der Waals surface area contributed by atoms with E-state index in [1.165, 1.54) is 57.5 Å². The largest absolute Gasteiger partial charge is 0.369 e. The first-order valence-corrected chi connectivity index (χ1v) is 11.6. The standard InChI is InChI=1S/C29H25NO/c30-25(31)15-17-5-3-7-22-24-13-12-21-20-6-2-1-4-16(20)10-11-23(21)29(24)28-19-9-8-18(14-19)27(28)26(17)22/h1-7,10-13,18-19,27-28H,8-9,14-15H2,(H2,30,31). The van der Waals surface area contributed by atoms with Crippen molar-refractivity contribution in [2.75, 3.05) is 0 Å². The summed E-state index contributed by atoms with van der Waals surface area (Å²) < 4.78 is 0. The van der Waals surface area contributed by atoms with Crippen molar-refractivity contribution in [2.45, 2.75) is 37.5 Å². The van der Waals surface area contributed by atoms with Crippen molar-refractivity contribution in [1.82, 2.24) is 0 Å². The molecule has 2 heteroatoms. The summed E-state index contributed by atoms with van der Waals surface area (Å²) in [5, 5.41) is 5.44. The average Bonchev–Trinajstić information content (AvgIpc) is 3.40. The molecule has 2 bridgehead atoms. The van der Waals surface area contributed by atoms with Gasteiger partial charge < -0.3 is 5.73 Å². The Kier molecular flexibility index (Phi) is 3.51. The summed E-state index contributed by atoms with van der Waals surface area (Å²) in [6, 6.07) is 24.6. The molecule has 2 nitrogen and oxygen atoms in total. The van der Waals surface area contributed by atoms with E-state index < -0.39 is 0 Å². The van der Waals surface area contributed by atoms with Crippen molar-refractivity contribution in [3.05, 3.63) is 83.4 Å². The molecule has 4 unspecified atom stereocenters. The van der Waals surface area contributed by atoms with E-state index in [2.05, 4.69) is 66.7 Å². The molecule has 152 valence electrons. The second-order valence-corrected chi connectivity index (χ2v) is 9.81. The van der Waals surface area contributed by atoms with E-state index in [-0.39, 0.29) is 5.91 Å². The fourth-order valence-corrected chi connectivity index (χ4v) is 7.41. The smallest absolute Gasteiger partial charge is 0.221 e. The van der Waals surface area contributed by atoms with Crippen LogP contribution in [0.25, 0.3) is 32.7 Å². The molecular formula is C29H25NO. The highest BCUT2D eigenvalue weighted by Crippen LogP contribution is 2.66. The third-order valence-electron chi connectivity index (χ3n) is 8.40. The van der Waals surface area contributed by atoms with Crippen LogP contribution < -0.4 is 5.73 Å². The molecule has 0 radical (unpaired) electrons. The SMILES string of the molecule is NC(=O)Cc1cccc2c1C1C3CCC(C3)C1c1c-2ccc2c1ccc1ccccc12. The molecule has 0 heterocycles. The maximum absolute atomic E-state index is 11.9. The molecule has 4 aromatic rings. The molecule has 3 aliphatic carbocycles. The van der Waals surface area contributed by atoms with Crippen LogP contribution in [0.5, 0.6) is 0 Å². The number of primary amides is 1. The van der Waals surface area contributed by atoms with Gasteiger partial charge in [-0.15, -0.1) is 0 Å². The van der Waals surface area contributed by atoms with Crippen molar-refractivity contribution in [3.8, 4) is 11.1 Å². The molecule has 31 heavy (non-hydrogen) atoms. The van der Waals surface area contributed by atoms with E-state index in [0.717, 1.165) is 17.4 Å². The Labute approximate surface area is 182 Å². The molecule has 0 aliphatic heterocycles. The van der Waals surface area contributed by atoms with Crippen LogP contribution in [-0.2, 0) is 11.2 Å². The average molecular weight is 404 g/mol. The molecule has 2 saturated carbocycles. The van der Waals surface area contributed by atoms with E-state index in [1.807, 2.05) is 0 Å². The van der Waals surface area contributed by atoms with Crippen LogP contribution in [0.15, 0.2) is 66.7 Å². The van der Waals surface area contributed by atoms with Crippen molar-refractivity contribution >= 4 is 27.5 Å². The van der Waals surface area contributed by atoms with Gasteiger partial charge in [0.25, 0.3) is 0 Å². The van der Waals surface area contributed by atoms with Crippen molar-refractivity contribution in [3.63, 3.8) is 0 Å². The van der Waals surface area contributed by atoms with Crippen LogP contribution in [0.4, 0.5) is 0 Å². The lowest BCUT2D eigenvalue weighted by molar-refractivity contribution is -0.117. The maximum atomic E-state index is 11.9. The lowest BCUT2D eigenvalue weighted by Gasteiger charge is -2.40. The van der Waals surface area contributed by atoms with Gasteiger partial charge in [-0.3, -0.25) is 4.79 Å². The number of nitrogens with two attached hydrogens (primary N) is 1. The summed E-state index contributed by atoms with van der Waals surface area (Å²) in [5.74, 6) is 2.32. The number of amides is 1. The maximum Gasteiger partial charge on any atom is 0.221 e. The normalized spacial score (nSPS) is 25.4. The first-order chi connectivity index (χ1) is 15.2. The van der Waals surface area contributed by atoms with E-state index in [1.54, 1.807) is 5.56 Å². The number of benzene rings is 4. The van der Waals surface area contributed by atoms with Crippen molar-refractivity contribution in [1.29, 1.82) is 0 Å². The van der Waals surface area contributed by atoms with E-state index in [0.29, 0.717) is 18.3 Å². The van der Waals surface area contributed by atoms with Crippen molar-refractivity contribution in [2.24, 2.45) is 17.6 Å². The van der Waals surface area contributed by atoms with Gasteiger partial charge in [-0.05, 0) is 92.3 Å². The Bertz CT molecular complexity index is 1400. The lowest BCUT2D eigenvalue weighted by atomic mass is 9.63. The highest BCUT2D eigenvalue weighted by molar-refractivity contribution is 6.10. The predicted octanol–water partition coefficient (Wildman–Crippen LogP) is 6.30. The fourth-order valence-electron chi connectivity index (χ4n) is 7.41. The van der Waals surface area contributed by atoms with Crippen LogP contribution in [0, 0.1) is 11.8 Å². The molecular weight excluding hydrogens is 378 g/mol. The third kappa shape index (κ3) is 2.31. The number of rotatable bonds is 2. The van der Waals surface area contributed by atoms with E-state index in [4.69, 9.17) is 5.73 Å². The summed E-state index contributed by atoms with van der Waals surface area (Å²) in [5.41, 5.74) is 12.5. The lowest BCUT2D eigenvalue weighted by Crippen LogP contribution is -2.26. The molecule has 3 aliphatic rings. The quantitative estimate of drug-likeness (QED) is 0.392. The van der Waals surface area contributed by atoms with Gasteiger partial charge in [-0.1, -0.05) is 66.7 Å². The number of hydrogen-bond donors (Lipinski definition) is 1. The monoisotopic (exact) mass is 403 g/mol. The summed E-state index contributed by atoms with van der Waals surface area (Å²) in [6.45, 7) is 0. The van der Waals surface area contributed by atoms with Gasteiger partial charge in [-0.2, -0.15) is 0 Å². The van der Waals surface area contributed by atoms with Crippen LogP contribution in [0.2, 0.25) is 0 Å². The number of carbonyl (C=O) groups is 1. The van der Waals surface area contributed by atoms with Gasteiger partial charge in [0.2, 0.25) is 5.91 Å². The molecule has 4 atom stereocenters. The topological polar surface area (TPSA) is 43.1 Å². The Balaban J connectivity index is 1.58. The zero-order valence-corrected chi connectivity index (χ0v) is 17.5. The first-order valence-electron chi connectivity index (χ1n) is 11.6. The Morgan fingerprint density at radius 1 is 0.742 bits per heavy atom. The molecule has 2 fully saturated rings. The third-order valence-corrected chi connectivity index (χ3v) is 8.40. The zero-order chi connectivity index (χ0) is 20.7. The zero-order valence-electron chi connectivity index (χ0n) is 17.5. The van der Waals surface area contributed by atoms with Crippen molar-refractivity contribution < 1.29 is 4.79 Å². The van der Waals surface area contributed by atoms with Gasteiger partial charge in [0.15, 0.2) is 0 Å². The van der Waals surface area contributed by atoms with Gasteiger partial charge in [0, 0.05) is 0 Å². The molecule has 4 aromatic carbocycles. The number of carbonyl (C=O) groups excluding carboxylic acids is 1. The predicted molar refractivity (Wildman–Crippen MR) is 126 cm³/mol. The van der Waals surface area contributed by atoms with Gasteiger partial charge in [0.05, 0.1) is 6.42 Å². The Hall–Kier alpha value is -3.13. The number of hydrogen-bond acceptors (Lipinski definition) is 1. The number of fused-ring (bicyclic) bond motifs is 14. The minimum atomic E-state index is -0.233. The van der Waals surface area contributed by atoms with Gasteiger partial charge >= 0.3 is 0 Å². The Morgan fingerprint density at radius 3 is 2.32 bits per heavy atom. The minimum Gasteiger partial charge on any atom is -0.369 e. The molecule has 2 N–H and O–H groups in total. The molecule has 0 spiro atoms. The Morgan fingerprint density at radius 2 is 1.48 bits per heavy atom. The first kappa shape index (κ1) is 17.5. The second-order valence-electron chi connectivity index (χ2n) is 9.81. The molecule has 1 amide bonds. The summed E-state index contributed by atoms with van der Waals surface area (Å²) >= 11 is 0. The van der Waals surface area contributed by atoms with Gasteiger partial charge in [-0.25, -0.2) is 0 Å². The van der Waals surface area contributed by atoms with E-state index in [9.17, 15) is 4.79 Å². The summed E-state index contributed by atoms with van der Waals surface area (Å²) in [7, 11) is 0. The highest BCUT2D eigenvalue weighted by Gasteiger charge is 2.52. The van der Waals surface area contributed by atoms with Crippen LogP contribution >= 0.6 is 0 Å². The van der Waals surface area contributed by atoms with E-state index >= 15 is 0 Å². The molecule has 0 aromatic heterocycles. The molecule has 7 rings (SSSR count). The summed E-state index contributed by atoms with van der Waals surface area (Å²) in [6.07, 6.45) is 4.32.